The van der Waals surface area contributed by atoms with E-state index in [9.17, 15) is 5.11 Å². The second kappa shape index (κ2) is 4.66. The molecular formula is C13H20N2O3. The first kappa shape index (κ1) is 13.0. The Labute approximate surface area is 107 Å². The number of nitrogen functional groups attached to an aromatic ring is 1. The first-order valence-corrected chi connectivity index (χ1v) is 6.04. The van der Waals surface area contributed by atoms with Crippen molar-refractivity contribution in [3.8, 4) is 5.75 Å². The average Bonchev–Trinajstić information content (AvgIpc) is 2.26. The van der Waals surface area contributed by atoms with Gasteiger partial charge in [-0.3, -0.25) is 0 Å². The lowest BCUT2D eigenvalue weighted by Gasteiger charge is -2.42. The highest BCUT2D eigenvalue weighted by Crippen LogP contribution is 2.40. The molecule has 0 fully saturated rings. The number of para-hydroxylation sites is 1. The smallest absolute Gasteiger partial charge is 0.145 e. The molecule has 0 aromatic heterocycles. The van der Waals surface area contributed by atoms with Gasteiger partial charge in [0.15, 0.2) is 0 Å². The molecule has 5 nitrogen and oxygen atoms in total. The molecule has 1 atom stereocenters. The van der Waals surface area contributed by atoms with Crippen LogP contribution in [0.1, 0.15) is 13.8 Å². The third-order valence-electron chi connectivity index (χ3n) is 2.95. The van der Waals surface area contributed by atoms with E-state index in [0.29, 0.717) is 18.8 Å². The Morgan fingerprint density at radius 3 is 2.89 bits per heavy atom. The normalized spacial score (nSPS) is 19.0. The minimum atomic E-state index is -0.786. The Morgan fingerprint density at radius 1 is 1.50 bits per heavy atom. The molecule has 4 N–H and O–H groups in total. The molecule has 18 heavy (non-hydrogen) atoms. The van der Waals surface area contributed by atoms with Crippen molar-refractivity contribution in [1.29, 1.82) is 0 Å². The molecule has 0 aliphatic carbocycles. The second-order valence-corrected chi connectivity index (χ2v) is 5.27. The molecule has 1 aromatic carbocycles. The fourth-order valence-corrected chi connectivity index (χ4v) is 2.30. The van der Waals surface area contributed by atoms with Gasteiger partial charge in [0.1, 0.15) is 17.0 Å². The molecule has 1 aromatic rings. The SMILES string of the molecule is CC1(C)CN(CC(O)CO)c2c(N)cccc2O1. The van der Waals surface area contributed by atoms with Gasteiger partial charge in [0.05, 0.1) is 24.9 Å². The molecule has 1 aliphatic heterocycles. The van der Waals surface area contributed by atoms with Crippen LogP contribution in [-0.2, 0) is 0 Å². The van der Waals surface area contributed by atoms with E-state index in [4.69, 9.17) is 15.6 Å². The van der Waals surface area contributed by atoms with Crippen LogP contribution in [0.15, 0.2) is 18.2 Å². The third-order valence-corrected chi connectivity index (χ3v) is 2.95. The number of aliphatic hydroxyl groups is 2. The van der Waals surface area contributed by atoms with Crippen LogP contribution < -0.4 is 15.4 Å². The van der Waals surface area contributed by atoms with Gasteiger partial charge >= 0.3 is 0 Å². The van der Waals surface area contributed by atoms with Crippen LogP contribution >= 0.6 is 0 Å². The maximum absolute atomic E-state index is 9.62. The van der Waals surface area contributed by atoms with Gasteiger partial charge < -0.3 is 25.6 Å². The van der Waals surface area contributed by atoms with Crippen molar-refractivity contribution in [2.24, 2.45) is 0 Å². The molecule has 5 heteroatoms. The van der Waals surface area contributed by atoms with Gasteiger partial charge in [0.25, 0.3) is 0 Å². The molecule has 0 bridgehead atoms. The monoisotopic (exact) mass is 252 g/mol. The Balaban J connectivity index is 2.36. The zero-order valence-corrected chi connectivity index (χ0v) is 10.8. The third kappa shape index (κ3) is 2.52. The van der Waals surface area contributed by atoms with E-state index in [1.54, 1.807) is 6.07 Å². The number of hydrogen-bond acceptors (Lipinski definition) is 5. The van der Waals surface area contributed by atoms with Crippen molar-refractivity contribution in [1.82, 2.24) is 0 Å². The highest BCUT2D eigenvalue weighted by molar-refractivity contribution is 5.76. The van der Waals surface area contributed by atoms with Crippen molar-refractivity contribution in [2.45, 2.75) is 25.6 Å². The van der Waals surface area contributed by atoms with Crippen molar-refractivity contribution < 1.29 is 14.9 Å². The van der Waals surface area contributed by atoms with Crippen LogP contribution in [0.2, 0.25) is 0 Å². The van der Waals surface area contributed by atoms with E-state index >= 15 is 0 Å². The number of ether oxygens (including phenoxy) is 1. The van der Waals surface area contributed by atoms with E-state index < -0.39 is 6.10 Å². The molecule has 2 rings (SSSR count). The molecule has 1 aliphatic rings. The van der Waals surface area contributed by atoms with Crippen LogP contribution in [0.4, 0.5) is 11.4 Å². The van der Waals surface area contributed by atoms with E-state index in [1.807, 2.05) is 30.9 Å². The van der Waals surface area contributed by atoms with Crippen molar-refractivity contribution in [3.05, 3.63) is 18.2 Å². The van der Waals surface area contributed by atoms with Crippen molar-refractivity contribution in [3.63, 3.8) is 0 Å². The Hall–Kier alpha value is -1.46. The zero-order chi connectivity index (χ0) is 13.3. The Morgan fingerprint density at radius 2 is 2.22 bits per heavy atom. The summed E-state index contributed by atoms with van der Waals surface area (Å²) in [4.78, 5) is 1.97. The summed E-state index contributed by atoms with van der Waals surface area (Å²) in [6.07, 6.45) is -0.786. The number of aliphatic hydroxyl groups excluding tert-OH is 2. The lowest BCUT2D eigenvalue weighted by Crippen LogP contribution is -2.49. The molecule has 1 unspecified atom stereocenters. The molecule has 100 valence electrons. The molecule has 0 saturated carbocycles. The van der Waals surface area contributed by atoms with Crippen molar-refractivity contribution in [2.75, 3.05) is 30.3 Å². The number of hydrogen-bond donors (Lipinski definition) is 3. The Bertz CT molecular complexity index is 434. The number of fused-ring (bicyclic) bond motifs is 1. The minimum absolute atomic E-state index is 0.264. The first-order chi connectivity index (χ1) is 8.43. The predicted molar refractivity (Wildman–Crippen MR) is 70.9 cm³/mol. The number of nitrogens with two attached hydrogens (primary N) is 1. The van der Waals surface area contributed by atoms with E-state index in [0.717, 1.165) is 11.4 Å². The van der Waals surface area contributed by atoms with Gasteiger partial charge in [-0.05, 0) is 26.0 Å². The highest BCUT2D eigenvalue weighted by Gasteiger charge is 2.33. The fraction of sp³-hybridized carbons (Fsp3) is 0.538. The number of β-amino-alcohol motifs (C(OH)–C–C–N with tert-alkyl or cyclic N) is 1. The summed E-state index contributed by atoms with van der Waals surface area (Å²) < 4.78 is 5.88. The van der Waals surface area contributed by atoms with E-state index in [-0.39, 0.29) is 12.2 Å². The summed E-state index contributed by atoms with van der Waals surface area (Å²) in [5, 5.41) is 18.6. The molecule has 1 heterocycles. The van der Waals surface area contributed by atoms with Crippen LogP contribution in [-0.4, -0.2) is 41.6 Å². The second-order valence-electron chi connectivity index (χ2n) is 5.27. The van der Waals surface area contributed by atoms with E-state index in [2.05, 4.69) is 0 Å². The molecular weight excluding hydrogens is 232 g/mol. The van der Waals surface area contributed by atoms with Gasteiger partial charge in [0, 0.05) is 6.54 Å². The summed E-state index contributed by atoms with van der Waals surface area (Å²) >= 11 is 0. The van der Waals surface area contributed by atoms with Crippen LogP contribution in [0.25, 0.3) is 0 Å². The lowest BCUT2D eigenvalue weighted by atomic mass is 10.0. The van der Waals surface area contributed by atoms with Gasteiger partial charge in [-0.2, -0.15) is 0 Å². The van der Waals surface area contributed by atoms with Gasteiger partial charge in [-0.1, -0.05) is 6.07 Å². The minimum Gasteiger partial charge on any atom is -0.484 e. The zero-order valence-electron chi connectivity index (χ0n) is 10.8. The molecule has 0 spiro atoms. The molecule has 0 saturated heterocycles. The lowest BCUT2D eigenvalue weighted by molar-refractivity contribution is 0.0798. The quantitative estimate of drug-likeness (QED) is 0.687. The Kier molecular flexibility index (Phi) is 3.36. The predicted octanol–water partition coefficient (Wildman–Crippen LogP) is 0.599. The maximum Gasteiger partial charge on any atom is 0.145 e. The number of nitrogens with zero attached hydrogens (tertiary/aromatic N) is 1. The average molecular weight is 252 g/mol. The summed E-state index contributed by atoms with van der Waals surface area (Å²) in [6.45, 7) is 4.66. The molecule has 0 radical (unpaired) electrons. The molecule has 0 amide bonds. The topological polar surface area (TPSA) is 79.0 Å². The summed E-state index contributed by atoms with van der Waals surface area (Å²) in [7, 11) is 0. The van der Waals surface area contributed by atoms with Crippen molar-refractivity contribution >= 4 is 11.4 Å². The van der Waals surface area contributed by atoms with Gasteiger partial charge in [-0.15, -0.1) is 0 Å². The van der Waals surface area contributed by atoms with Gasteiger partial charge in [0.2, 0.25) is 0 Å². The maximum atomic E-state index is 9.62. The van der Waals surface area contributed by atoms with Crippen LogP contribution in [0.3, 0.4) is 0 Å². The van der Waals surface area contributed by atoms with Crippen LogP contribution in [0.5, 0.6) is 5.75 Å². The fourth-order valence-electron chi connectivity index (χ4n) is 2.30. The standard InChI is InChI=1S/C13H20N2O3/c1-13(2)8-15(6-9(17)7-16)12-10(14)4-3-5-11(12)18-13/h3-5,9,16-17H,6-8,14H2,1-2H3. The number of benzene rings is 1. The van der Waals surface area contributed by atoms with E-state index in [1.165, 1.54) is 0 Å². The van der Waals surface area contributed by atoms with Gasteiger partial charge in [-0.25, -0.2) is 0 Å². The summed E-state index contributed by atoms with van der Waals surface area (Å²) in [5.74, 6) is 0.719. The summed E-state index contributed by atoms with van der Waals surface area (Å²) in [6, 6.07) is 5.51. The highest BCUT2D eigenvalue weighted by atomic mass is 16.5. The number of anilines is 2. The largest absolute Gasteiger partial charge is 0.484 e. The summed E-state index contributed by atoms with van der Waals surface area (Å²) in [5.41, 5.74) is 7.03. The van der Waals surface area contributed by atoms with Crippen LogP contribution in [0, 0.1) is 0 Å². The number of rotatable bonds is 3. The first-order valence-electron chi connectivity index (χ1n) is 6.04.